The molecule has 0 saturated carbocycles. The Bertz CT molecular complexity index is 1890. The molecule has 5 atom stereocenters. The van der Waals surface area contributed by atoms with E-state index in [9.17, 15) is 43.2 Å². The Morgan fingerprint density at radius 1 is 0.273 bits per heavy atom. The summed E-state index contributed by atoms with van der Waals surface area (Å²) in [5.74, 6) is -1.36. The number of ether oxygens (including phenoxy) is 4. The Morgan fingerprint density at radius 2 is 0.465 bits per heavy atom. The van der Waals surface area contributed by atoms with E-state index in [2.05, 4.69) is 34.6 Å². The molecule has 0 aliphatic heterocycles. The van der Waals surface area contributed by atoms with Gasteiger partial charge in [0.25, 0.3) is 0 Å². The van der Waals surface area contributed by atoms with Crippen LogP contribution in [0.1, 0.15) is 426 Å². The number of esters is 4. The van der Waals surface area contributed by atoms with Crippen LogP contribution in [0.3, 0.4) is 0 Å². The van der Waals surface area contributed by atoms with Crippen molar-refractivity contribution in [1.29, 1.82) is 0 Å². The number of hydrogen-bond acceptors (Lipinski definition) is 15. The number of rotatable bonds is 80. The van der Waals surface area contributed by atoms with Gasteiger partial charge in [-0.2, -0.15) is 0 Å². The molecule has 0 aromatic carbocycles. The predicted molar refractivity (Wildman–Crippen MR) is 405 cm³/mol. The van der Waals surface area contributed by atoms with Crippen LogP contribution in [0.4, 0.5) is 0 Å². The third-order valence-electron chi connectivity index (χ3n) is 18.8. The molecule has 19 heteroatoms. The lowest BCUT2D eigenvalue weighted by atomic mass is 10.0. The van der Waals surface area contributed by atoms with Crippen molar-refractivity contribution in [3.8, 4) is 0 Å². The van der Waals surface area contributed by atoms with Crippen LogP contribution in [-0.2, 0) is 65.4 Å². The number of hydrogen-bond donors (Lipinski definition) is 3. The molecule has 0 aliphatic rings. The van der Waals surface area contributed by atoms with Crippen LogP contribution in [0.5, 0.6) is 0 Å². The summed E-state index contributed by atoms with van der Waals surface area (Å²) in [5.41, 5.74) is 0. The molecule has 0 aromatic rings. The van der Waals surface area contributed by atoms with Gasteiger partial charge in [-0.25, -0.2) is 9.13 Å². The van der Waals surface area contributed by atoms with Crippen LogP contribution in [0.15, 0.2) is 0 Å². The normalized spacial score (nSPS) is 13.9. The van der Waals surface area contributed by atoms with E-state index in [1.54, 1.807) is 0 Å². The predicted octanol–water partition coefficient (Wildman–Crippen LogP) is 24.0. The van der Waals surface area contributed by atoms with Gasteiger partial charge in [0.2, 0.25) is 0 Å². The van der Waals surface area contributed by atoms with Crippen molar-refractivity contribution in [2.24, 2.45) is 5.92 Å². The number of carbonyl (C=O) groups excluding carboxylic acids is 4. The lowest BCUT2D eigenvalue weighted by Crippen LogP contribution is -2.30. The van der Waals surface area contributed by atoms with Gasteiger partial charge in [-0.15, -0.1) is 0 Å². The Labute approximate surface area is 607 Å². The van der Waals surface area contributed by atoms with Crippen molar-refractivity contribution in [3.63, 3.8) is 0 Å². The van der Waals surface area contributed by atoms with Gasteiger partial charge < -0.3 is 33.8 Å². The third-order valence-corrected chi connectivity index (χ3v) is 20.7. The van der Waals surface area contributed by atoms with E-state index in [0.29, 0.717) is 25.7 Å². The summed E-state index contributed by atoms with van der Waals surface area (Å²) in [6, 6.07) is 0. The van der Waals surface area contributed by atoms with Crippen LogP contribution in [0.25, 0.3) is 0 Å². The van der Waals surface area contributed by atoms with E-state index in [-0.39, 0.29) is 25.7 Å². The maximum atomic E-state index is 13.1. The van der Waals surface area contributed by atoms with Gasteiger partial charge in [0.05, 0.1) is 26.4 Å². The zero-order valence-corrected chi connectivity index (χ0v) is 66.4. The average Bonchev–Trinajstić information content (AvgIpc) is 1.79. The molecule has 0 rings (SSSR count). The summed E-state index contributed by atoms with van der Waals surface area (Å²) in [6.45, 7) is 7.30. The van der Waals surface area contributed by atoms with Gasteiger partial charge >= 0.3 is 39.5 Å². The number of aliphatic hydroxyl groups excluding tert-OH is 1. The van der Waals surface area contributed by atoms with Crippen LogP contribution in [0.2, 0.25) is 0 Å². The second-order valence-corrected chi connectivity index (χ2v) is 32.2. The molecule has 0 saturated heterocycles. The van der Waals surface area contributed by atoms with E-state index in [1.807, 2.05) is 0 Å². The maximum absolute atomic E-state index is 13.1. The van der Waals surface area contributed by atoms with Crippen LogP contribution in [-0.4, -0.2) is 96.7 Å². The average molecular weight is 1450 g/mol. The number of unbranched alkanes of at least 4 members (excludes halogenated alkanes) is 52. The van der Waals surface area contributed by atoms with Gasteiger partial charge in [-0.1, -0.05) is 375 Å². The fraction of sp³-hybridized carbons (Fsp3) is 0.950. The SMILES string of the molecule is CCCCCCCCCCCCCCCCCCCCCCCC(=O)O[C@H](COC(=O)CCCCCCCCCCCCCCCCC)COP(=O)(O)OC[C@@H](O)COP(=O)(O)OC[C@@H](COC(=O)CCCCCCCCCCCC)OC(=O)CCCCCCCCCCCCC(C)C. The largest absolute Gasteiger partial charge is 0.472 e. The first-order valence-corrected chi connectivity index (χ1v) is 44.6. The molecule has 0 aromatic heterocycles. The van der Waals surface area contributed by atoms with E-state index in [0.717, 1.165) is 95.8 Å². The highest BCUT2D eigenvalue weighted by molar-refractivity contribution is 7.47. The maximum Gasteiger partial charge on any atom is 0.472 e. The smallest absolute Gasteiger partial charge is 0.462 e. The Morgan fingerprint density at radius 3 is 0.687 bits per heavy atom. The van der Waals surface area contributed by atoms with Gasteiger partial charge in [0.1, 0.15) is 19.3 Å². The van der Waals surface area contributed by atoms with Crippen molar-refractivity contribution in [2.45, 2.75) is 445 Å². The standard InChI is InChI=1S/C80H156O17P2/c1-6-9-12-15-18-21-24-26-28-29-30-31-32-33-35-37-39-45-50-55-60-65-79(84)96-76(70-91-78(83)64-59-54-49-44-38-36-34-27-25-22-19-16-13-10-7-2)72-95-99(88,89)93-68-74(81)67-92-98(86,87)94-71-75(69-90-77(82)63-58-53-48-43-23-20-17-14-11-8-3)97-80(85)66-61-56-51-46-41-40-42-47-52-57-62-73(4)5/h73-76,81H,6-72H2,1-5H3,(H,86,87)(H,88,89)/t74-,75+,76+/m0/s1. The van der Waals surface area contributed by atoms with Gasteiger partial charge in [0, 0.05) is 25.7 Å². The van der Waals surface area contributed by atoms with E-state index < -0.39 is 97.5 Å². The number of carbonyl (C=O) groups is 4. The van der Waals surface area contributed by atoms with Gasteiger partial charge in [0.15, 0.2) is 12.2 Å². The van der Waals surface area contributed by atoms with Crippen molar-refractivity contribution in [1.82, 2.24) is 0 Å². The first-order valence-electron chi connectivity index (χ1n) is 41.6. The Hall–Kier alpha value is -1.94. The number of phosphoric acid groups is 2. The quantitative estimate of drug-likeness (QED) is 0.0222. The minimum absolute atomic E-state index is 0.107. The summed E-state index contributed by atoms with van der Waals surface area (Å²) in [5, 5.41) is 10.6. The molecular weight excluding hydrogens is 1290 g/mol. The molecule has 0 heterocycles. The molecule has 0 aliphatic carbocycles. The molecule has 2 unspecified atom stereocenters. The first-order chi connectivity index (χ1) is 48.0. The highest BCUT2D eigenvalue weighted by Crippen LogP contribution is 2.45. The fourth-order valence-electron chi connectivity index (χ4n) is 12.4. The third kappa shape index (κ3) is 74.1. The van der Waals surface area contributed by atoms with Crippen molar-refractivity contribution < 1.29 is 80.2 Å². The monoisotopic (exact) mass is 1450 g/mol. The summed E-state index contributed by atoms with van der Waals surface area (Å²) in [4.78, 5) is 72.9. The highest BCUT2D eigenvalue weighted by atomic mass is 31.2. The lowest BCUT2D eigenvalue weighted by molar-refractivity contribution is -0.161. The fourth-order valence-corrected chi connectivity index (χ4v) is 14.0. The molecule has 0 radical (unpaired) electrons. The molecular formula is C80H156O17P2. The van der Waals surface area contributed by atoms with Crippen LogP contribution >= 0.6 is 15.6 Å². The zero-order valence-electron chi connectivity index (χ0n) is 64.6. The summed E-state index contributed by atoms with van der Waals surface area (Å²) in [7, 11) is -9.91. The summed E-state index contributed by atoms with van der Waals surface area (Å²) in [6.07, 6.45) is 63.9. The van der Waals surface area contributed by atoms with Crippen molar-refractivity contribution in [2.75, 3.05) is 39.6 Å². The molecule has 17 nitrogen and oxygen atoms in total. The van der Waals surface area contributed by atoms with Crippen LogP contribution in [0, 0.1) is 5.92 Å². The molecule has 0 spiro atoms. The molecule has 99 heavy (non-hydrogen) atoms. The Balaban J connectivity index is 5.21. The molecule has 3 N–H and O–H groups in total. The van der Waals surface area contributed by atoms with Crippen molar-refractivity contribution in [3.05, 3.63) is 0 Å². The van der Waals surface area contributed by atoms with E-state index >= 15 is 0 Å². The molecule has 0 bridgehead atoms. The summed E-state index contributed by atoms with van der Waals surface area (Å²) >= 11 is 0. The van der Waals surface area contributed by atoms with Gasteiger partial charge in [-0.3, -0.25) is 37.3 Å². The summed E-state index contributed by atoms with van der Waals surface area (Å²) < 4.78 is 68.7. The molecule has 0 amide bonds. The molecule has 0 fully saturated rings. The van der Waals surface area contributed by atoms with E-state index in [4.69, 9.17) is 37.0 Å². The molecule has 588 valence electrons. The highest BCUT2D eigenvalue weighted by Gasteiger charge is 2.30. The second kappa shape index (κ2) is 73.0. The van der Waals surface area contributed by atoms with E-state index in [1.165, 1.54) is 250 Å². The topological polar surface area (TPSA) is 237 Å². The first kappa shape index (κ1) is 97.1. The lowest BCUT2D eigenvalue weighted by Gasteiger charge is -2.21. The number of aliphatic hydroxyl groups is 1. The second-order valence-electron chi connectivity index (χ2n) is 29.3. The van der Waals surface area contributed by atoms with Crippen molar-refractivity contribution >= 4 is 39.5 Å². The minimum atomic E-state index is -4.96. The Kier molecular flexibility index (Phi) is 71.6. The van der Waals surface area contributed by atoms with Crippen LogP contribution < -0.4 is 0 Å². The zero-order chi connectivity index (χ0) is 72.7. The number of phosphoric ester groups is 2. The van der Waals surface area contributed by atoms with Gasteiger partial charge in [-0.05, 0) is 31.6 Å². The minimum Gasteiger partial charge on any atom is -0.462 e.